The number of aliphatic carboxylic acids is 2. The minimum atomic E-state index is -1.71. The van der Waals surface area contributed by atoms with Crippen molar-refractivity contribution in [2.24, 2.45) is 22.7 Å². The first-order valence-corrected chi connectivity index (χ1v) is 22.1. The van der Waals surface area contributed by atoms with Crippen molar-refractivity contribution in [2.75, 3.05) is 26.2 Å². The van der Waals surface area contributed by atoms with Gasteiger partial charge in [-0.1, -0.05) is 44.9 Å². The first-order valence-electron chi connectivity index (χ1n) is 22.1. The lowest BCUT2D eigenvalue weighted by molar-refractivity contribution is -0.140. The molecule has 8 amide bonds. The number of hydrogen-bond acceptors (Lipinski definition) is 15. The van der Waals surface area contributed by atoms with Crippen LogP contribution in [0, 0.1) is 11.8 Å². The average molecular weight is 976 g/mol. The van der Waals surface area contributed by atoms with E-state index < -0.39 is 147 Å². The molecule has 0 bridgehead atoms. The second-order valence-corrected chi connectivity index (χ2v) is 16.5. The minimum Gasteiger partial charge on any atom is -0.508 e. The van der Waals surface area contributed by atoms with E-state index in [1.165, 1.54) is 24.3 Å². The molecule has 0 radical (unpaired) electrons. The fourth-order valence-corrected chi connectivity index (χ4v) is 6.28. The van der Waals surface area contributed by atoms with Crippen LogP contribution in [0.4, 0.5) is 0 Å². The molecule has 382 valence electrons. The third-order valence-corrected chi connectivity index (χ3v) is 9.83. The Bertz CT molecular complexity index is 1980. The predicted molar refractivity (Wildman–Crippen MR) is 244 cm³/mol. The number of phenols is 1. The van der Waals surface area contributed by atoms with Gasteiger partial charge in [0.15, 0.2) is 0 Å². The van der Waals surface area contributed by atoms with Crippen LogP contribution in [0.25, 0.3) is 10.4 Å². The van der Waals surface area contributed by atoms with Crippen molar-refractivity contribution in [1.82, 2.24) is 48.1 Å². The number of nitrogens with one attached hydrogen (secondary N) is 9. The van der Waals surface area contributed by atoms with Gasteiger partial charge in [-0.05, 0) is 80.1 Å². The lowest BCUT2D eigenvalue weighted by atomic mass is 9.99. The summed E-state index contributed by atoms with van der Waals surface area (Å²) >= 11 is 0. The molecule has 0 fully saturated rings. The van der Waals surface area contributed by atoms with Gasteiger partial charge in [-0.2, -0.15) is 0 Å². The predicted octanol–water partition coefficient (Wildman–Crippen LogP) is -2.35. The third kappa shape index (κ3) is 25.4. The van der Waals surface area contributed by atoms with Crippen LogP contribution in [0.2, 0.25) is 0 Å². The Balaban J connectivity index is 3.32. The van der Waals surface area contributed by atoms with Crippen molar-refractivity contribution in [1.29, 1.82) is 0 Å². The highest BCUT2D eigenvalue weighted by molar-refractivity contribution is 5.97. The first-order chi connectivity index (χ1) is 32.6. The highest BCUT2D eigenvalue weighted by atomic mass is 16.4. The molecule has 3 unspecified atom stereocenters. The number of aromatic hydroxyl groups is 1. The van der Waals surface area contributed by atoms with Crippen LogP contribution in [0.15, 0.2) is 29.4 Å². The number of hydrazine groups is 1. The largest absolute Gasteiger partial charge is 0.508 e. The zero-order chi connectivity index (χ0) is 52.1. The molecule has 0 aliphatic heterocycles. The molecule has 0 aliphatic rings. The van der Waals surface area contributed by atoms with Crippen molar-refractivity contribution >= 4 is 65.5 Å². The number of hydrogen-bond donors (Lipinski definition) is 13. The summed E-state index contributed by atoms with van der Waals surface area (Å²) in [6, 6.07) is -2.65. The maximum absolute atomic E-state index is 14.0. The van der Waals surface area contributed by atoms with Gasteiger partial charge in [-0.15, -0.1) is 0 Å². The standard InChI is InChI=1S/C42H65N13O14/c1-23(2)17-30(50-33(59)20-46-54-34(60)21-47-55-44)38(65)45-19-32(58)49-28(12-14-35(61)62)39(66)51-29(13-15-36(63)64)40(67)52-31(18-25-8-10-27(57)11-9-25)41(68)53-37(24(3)4)42(69)48-26(22-56)7-5-6-16-43/h8-11,22-24,26,28-31,37,46,57H,5-7,12-21,43H2,1-4H3,(H,45,65)(H,48,69)(H,49,58)(H,50,59)(H,51,66)(H,52,67)(H,53,68)(H,54,60)(H,61,62)(H,63,64)/t26-,28?,29-,30?,31?,37-/m0/s1. The lowest BCUT2D eigenvalue weighted by Crippen LogP contribution is -2.60. The molecular weight excluding hydrogens is 911 g/mol. The summed E-state index contributed by atoms with van der Waals surface area (Å²) in [6.45, 7) is 5.29. The van der Waals surface area contributed by atoms with Crippen LogP contribution in [0.1, 0.15) is 84.6 Å². The Morgan fingerprint density at radius 2 is 1.23 bits per heavy atom. The maximum Gasteiger partial charge on any atom is 0.303 e. The summed E-state index contributed by atoms with van der Waals surface area (Å²) in [5.74, 6) is -10.7. The number of nitrogens with two attached hydrogens (primary N) is 1. The molecule has 0 saturated heterocycles. The fourth-order valence-electron chi connectivity index (χ4n) is 6.28. The van der Waals surface area contributed by atoms with E-state index in [2.05, 4.69) is 58.1 Å². The second-order valence-electron chi connectivity index (χ2n) is 16.5. The van der Waals surface area contributed by atoms with Gasteiger partial charge in [0.2, 0.25) is 47.3 Å². The zero-order valence-electron chi connectivity index (χ0n) is 38.9. The van der Waals surface area contributed by atoms with Gasteiger partial charge in [-0.3, -0.25) is 53.4 Å². The summed E-state index contributed by atoms with van der Waals surface area (Å²) in [7, 11) is 0. The van der Waals surface area contributed by atoms with Gasteiger partial charge in [0, 0.05) is 24.2 Å². The molecule has 0 spiro atoms. The molecule has 0 aromatic heterocycles. The normalized spacial score (nSPS) is 13.4. The molecule has 69 heavy (non-hydrogen) atoms. The van der Waals surface area contributed by atoms with E-state index in [-0.39, 0.29) is 24.5 Å². The molecule has 1 aromatic carbocycles. The van der Waals surface area contributed by atoms with Crippen molar-refractivity contribution in [2.45, 2.75) is 122 Å². The molecule has 27 heteroatoms. The summed E-state index contributed by atoms with van der Waals surface area (Å²) in [5, 5.41) is 48.9. The highest BCUT2D eigenvalue weighted by Crippen LogP contribution is 2.14. The van der Waals surface area contributed by atoms with Crippen LogP contribution in [-0.2, 0) is 59.2 Å². The van der Waals surface area contributed by atoms with Crippen LogP contribution < -0.4 is 53.8 Å². The molecule has 14 N–H and O–H groups in total. The SMILES string of the molecule is CC(C)CC(NC(=O)CNNC(=O)CN=[N+]=[N-])C(=O)NCC(=O)NC(CCC(=O)O)C(=O)N[C@@H](CCC(=O)O)C(=O)NC(Cc1ccc(O)cc1)C(=O)N[C@H](C(=O)N[C@H](C=O)CCCCN)C(C)C. The second kappa shape index (κ2) is 32.3. The first kappa shape index (κ1) is 59.6. The summed E-state index contributed by atoms with van der Waals surface area (Å²) in [5.41, 5.74) is 18.7. The Labute approximate surface area is 397 Å². The van der Waals surface area contributed by atoms with Crippen molar-refractivity contribution in [3.8, 4) is 5.75 Å². The van der Waals surface area contributed by atoms with Crippen molar-refractivity contribution < 1.29 is 68.1 Å². The number of unbranched alkanes of at least 4 members (excludes halogenated alkanes) is 1. The van der Waals surface area contributed by atoms with Gasteiger partial charge in [-0.25, -0.2) is 5.43 Å². The number of azide groups is 1. The lowest BCUT2D eigenvalue weighted by Gasteiger charge is -2.28. The number of aldehydes is 1. The number of phenolic OH excluding ortho intramolecular Hbond substituents is 1. The van der Waals surface area contributed by atoms with E-state index in [1.807, 2.05) is 0 Å². The molecule has 1 aromatic rings. The molecule has 6 atom stereocenters. The molecule has 1 rings (SSSR count). The minimum absolute atomic E-state index is 0.0920. The van der Waals surface area contributed by atoms with Crippen molar-refractivity contribution in [3.63, 3.8) is 0 Å². The Kier molecular flexibility index (Phi) is 28.0. The van der Waals surface area contributed by atoms with Crippen LogP contribution in [-0.4, -0.2) is 143 Å². The zero-order valence-corrected chi connectivity index (χ0v) is 38.9. The van der Waals surface area contributed by atoms with Gasteiger partial charge >= 0.3 is 11.9 Å². The van der Waals surface area contributed by atoms with Gasteiger partial charge in [0.25, 0.3) is 0 Å². The Morgan fingerprint density at radius 3 is 1.77 bits per heavy atom. The van der Waals surface area contributed by atoms with E-state index >= 15 is 0 Å². The quantitative estimate of drug-likeness (QED) is 0.00859. The van der Waals surface area contributed by atoms with Crippen molar-refractivity contribution in [3.05, 3.63) is 40.3 Å². The number of amides is 8. The molecule has 0 saturated carbocycles. The number of carboxylic acids is 2. The summed E-state index contributed by atoms with van der Waals surface area (Å²) in [6.07, 6.45) is -0.648. The maximum atomic E-state index is 14.0. The number of carboxylic acid groups (broad SMARTS) is 2. The van der Waals surface area contributed by atoms with Gasteiger partial charge in [0.05, 0.1) is 19.1 Å². The number of carbonyl (C=O) groups excluding carboxylic acids is 9. The van der Waals surface area contributed by atoms with Crippen LogP contribution >= 0.6 is 0 Å². The molecule has 0 aliphatic carbocycles. The van der Waals surface area contributed by atoms with Crippen LogP contribution in [0.5, 0.6) is 5.75 Å². The van der Waals surface area contributed by atoms with Crippen LogP contribution in [0.3, 0.4) is 0 Å². The molecular formula is C42H65N13O14. The molecule has 0 heterocycles. The monoisotopic (exact) mass is 975 g/mol. The number of nitrogens with zero attached hydrogens (tertiary/aromatic N) is 3. The Hall–Kier alpha value is -7.38. The summed E-state index contributed by atoms with van der Waals surface area (Å²) in [4.78, 5) is 143. The van der Waals surface area contributed by atoms with E-state index in [0.29, 0.717) is 37.7 Å². The average Bonchev–Trinajstić information content (AvgIpc) is 3.28. The van der Waals surface area contributed by atoms with E-state index in [4.69, 9.17) is 11.3 Å². The topological polar surface area (TPSA) is 432 Å². The highest BCUT2D eigenvalue weighted by Gasteiger charge is 2.34. The number of carbonyl (C=O) groups is 11. The summed E-state index contributed by atoms with van der Waals surface area (Å²) < 4.78 is 0. The van der Waals surface area contributed by atoms with E-state index in [0.717, 1.165) is 0 Å². The Morgan fingerprint density at radius 1 is 0.681 bits per heavy atom. The van der Waals surface area contributed by atoms with Gasteiger partial charge < -0.3 is 63.1 Å². The van der Waals surface area contributed by atoms with E-state index in [9.17, 15) is 68.1 Å². The third-order valence-electron chi connectivity index (χ3n) is 9.83. The van der Waals surface area contributed by atoms with E-state index in [1.54, 1.807) is 27.7 Å². The van der Waals surface area contributed by atoms with Gasteiger partial charge in [0.1, 0.15) is 48.8 Å². The number of rotatable bonds is 34. The number of benzene rings is 1. The molecule has 27 nitrogen and oxygen atoms in total. The fraction of sp³-hybridized carbons (Fsp3) is 0.595. The smallest absolute Gasteiger partial charge is 0.303 e.